The van der Waals surface area contributed by atoms with Gasteiger partial charge in [0.15, 0.2) is 6.17 Å². The first-order valence-electron chi connectivity index (χ1n) is 5.54. The first-order chi connectivity index (χ1) is 9.17. The Morgan fingerprint density at radius 3 is 1.73 bits per heavy atom. The first kappa shape index (κ1) is 24.7. The number of carbonyl (C=O) groups excluding carboxylic acids is 1. The number of halogens is 9. The minimum absolute atomic E-state index is 0. The SMILES string of the molecule is CCCCC(F)C(F)(F)C(F)(F)C(F)(F)C(F)(F)C(=O)[O-].[K+]. The molecule has 0 aromatic rings. The van der Waals surface area contributed by atoms with Crippen LogP contribution in [0, 0.1) is 0 Å². The van der Waals surface area contributed by atoms with Crippen LogP contribution in [0.3, 0.4) is 0 Å². The number of carbonyl (C=O) groups is 1. The van der Waals surface area contributed by atoms with E-state index < -0.39 is 48.7 Å². The van der Waals surface area contributed by atoms with Gasteiger partial charge in [-0.25, -0.2) is 4.39 Å². The molecule has 2 nitrogen and oxygen atoms in total. The van der Waals surface area contributed by atoms with Crippen LogP contribution in [0.15, 0.2) is 0 Å². The van der Waals surface area contributed by atoms with Gasteiger partial charge in [0.2, 0.25) is 0 Å². The topological polar surface area (TPSA) is 40.1 Å². The number of hydrogen-bond donors (Lipinski definition) is 0. The van der Waals surface area contributed by atoms with Crippen LogP contribution >= 0.6 is 0 Å². The van der Waals surface area contributed by atoms with E-state index in [1.165, 1.54) is 6.92 Å². The second-order valence-corrected chi connectivity index (χ2v) is 4.24. The van der Waals surface area contributed by atoms with Crippen molar-refractivity contribution in [2.24, 2.45) is 0 Å². The Morgan fingerprint density at radius 1 is 1.00 bits per heavy atom. The molecule has 0 radical (unpaired) electrons. The van der Waals surface area contributed by atoms with Crippen LogP contribution in [-0.2, 0) is 4.79 Å². The second kappa shape index (κ2) is 8.04. The van der Waals surface area contributed by atoms with E-state index in [9.17, 15) is 49.4 Å². The van der Waals surface area contributed by atoms with E-state index in [4.69, 9.17) is 0 Å². The summed E-state index contributed by atoms with van der Waals surface area (Å²) in [7, 11) is 0. The molecule has 12 heteroatoms. The van der Waals surface area contributed by atoms with Crippen LogP contribution in [0.5, 0.6) is 0 Å². The van der Waals surface area contributed by atoms with E-state index in [0.29, 0.717) is 0 Å². The van der Waals surface area contributed by atoms with Crippen LogP contribution in [0.1, 0.15) is 26.2 Å². The summed E-state index contributed by atoms with van der Waals surface area (Å²) in [5.41, 5.74) is 0. The van der Waals surface area contributed by atoms with Gasteiger partial charge in [0.1, 0.15) is 5.97 Å². The molecule has 0 amide bonds. The number of alkyl halides is 9. The van der Waals surface area contributed by atoms with Gasteiger partial charge in [-0.15, -0.1) is 0 Å². The molecule has 126 valence electrons. The maximum absolute atomic E-state index is 13.1. The zero-order valence-electron chi connectivity index (χ0n) is 11.4. The predicted octanol–water partition coefficient (Wildman–Crippen LogP) is -0.190. The average molecular weight is 372 g/mol. The fourth-order valence-corrected chi connectivity index (χ4v) is 1.30. The number of carboxylic acids is 1. The fourth-order valence-electron chi connectivity index (χ4n) is 1.30. The standard InChI is InChI=1S/C10H11F9O2.K/c1-2-3-4-5(11)7(12,13)9(16,17)10(18,19)8(14,15)6(20)21;/h5H,2-4H2,1H3,(H,20,21);/q;+1/p-1. The molecule has 0 N–H and O–H groups in total. The van der Waals surface area contributed by atoms with Gasteiger partial charge in [-0.05, 0) is 6.42 Å². The van der Waals surface area contributed by atoms with Gasteiger partial charge in [0, 0.05) is 0 Å². The first-order valence-corrected chi connectivity index (χ1v) is 5.54. The third-order valence-corrected chi connectivity index (χ3v) is 2.67. The van der Waals surface area contributed by atoms with E-state index in [2.05, 4.69) is 0 Å². The molecular weight excluding hydrogens is 362 g/mol. The van der Waals surface area contributed by atoms with Crippen LogP contribution in [0.2, 0.25) is 0 Å². The largest absolute Gasteiger partial charge is 1.00 e. The fraction of sp³-hybridized carbons (Fsp3) is 0.900. The number of unbranched alkanes of at least 4 members (excludes halogenated alkanes) is 1. The smallest absolute Gasteiger partial charge is 0.544 e. The summed E-state index contributed by atoms with van der Waals surface area (Å²) >= 11 is 0. The van der Waals surface area contributed by atoms with Crippen molar-refractivity contribution in [3.8, 4) is 0 Å². The summed E-state index contributed by atoms with van der Waals surface area (Å²) in [6.07, 6.45) is -5.48. The molecular formula is C10H10F9KO2. The summed E-state index contributed by atoms with van der Waals surface area (Å²) in [6, 6.07) is 0. The van der Waals surface area contributed by atoms with E-state index >= 15 is 0 Å². The summed E-state index contributed by atoms with van der Waals surface area (Å²) in [5, 5.41) is 9.77. The molecule has 0 saturated carbocycles. The molecule has 0 fully saturated rings. The Labute approximate surface area is 161 Å². The van der Waals surface area contributed by atoms with Crippen molar-refractivity contribution in [1.82, 2.24) is 0 Å². The van der Waals surface area contributed by atoms with Crippen LogP contribution in [0.4, 0.5) is 39.5 Å². The maximum atomic E-state index is 13.1. The quantitative estimate of drug-likeness (QED) is 0.438. The Morgan fingerprint density at radius 2 is 1.41 bits per heavy atom. The molecule has 0 aliphatic heterocycles. The zero-order chi connectivity index (χ0) is 17.3. The molecule has 1 unspecified atom stereocenters. The van der Waals surface area contributed by atoms with Crippen molar-refractivity contribution in [2.75, 3.05) is 0 Å². The van der Waals surface area contributed by atoms with Gasteiger partial charge in [-0.1, -0.05) is 19.8 Å². The third kappa shape index (κ3) is 4.11. The molecule has 22 heavy (non-hydrogen) atoms. The van der Waals surface area contributed by atoms with Gasteiger partial charge in [-0.2, -0.15) is 35.1 Å². The molecule has 0 spiro atoms. The van der Waals surface area contributed by atoms with Gasteiger partial charge < -0.3 is 9.90 Å². The van der Waals surface area contributed by atoms with Crippen molar-refractivity contribution in [3.63, 3.8) is 0 Å². The Bertz CT molecular complexity index is 387. The Balaban J connectivity index is 0. The molecule has 0 aromatic carbocycles. The Hall–Kier alpha value is 0.476. The normalized spacial score (nSPS) is 15.2. The van der Waals surface area contributed by atoms with E-state index in [0.717, 1.165) is 0 Å². The average Bonchev–Trinajstić information content (AvgIpc) is 2.34. The van der Waals surface area contributed by atoms with Crippen molar-refractivity contribution >= 4 is 5.97 Å². The van der Waals surface area contributed by atoms with Crippen LogP contribution < -0.4 is 56.5 Å². The molecule has 0 saturated heterocycles. The van der Waals surface area contributed by atoms with Crippen molar-refractivity contribution < 1.29 is 101 Å². The van der Waals surface area contributed by atoms with E-state index in [1.54, 1.807) is 0 Å². The molecule has 0 bridgehead atoms. The summed E-state index contributed by atoms with van der Waals surface area (Å²) in [4.78, 5) is 9.77. The number of hydrogen-bond acceptors (Lipinski definition) is 2. The molecule has 0 rings (SSSR count). The van der Waals surface area contributed by atoms with E-state index in [-0.39, 0.29) is 57.8 Å². The molecule has 1 atom stereocenters. The summed E-state index contributed by atoms with van der Waals surface area (Å²) in [5.74, 6) is -30.8. The van der Waals surface area contributed by atoms with Gasteiger partial charge in [0.25, 0.3) is 0 Å². The minimum atomic E-state index is -7.04. The Kier molecular flexibility index (Phi) is 9.03. The van der Waals surface area contributed by atoms with Gasteiger partial charge >= 0.3 is 75.1 Å². The van der Waals surface area contributed by atoms with Gasteiger partial charge in [-0.3, -0.25) is 0 Å². The van der Waals surface area contributed by atoms with Crippen molar-refractivity contribution in [2.45, 2.75) is 56.0 Å². The monoisotopic (exact) mass is 372 g/mol. The summed E-state index contributed by atoms with van der Waals surface area (Å²) < 4.78 is 116. The van der Waals surface area contributed by atoms with E-state index in [1.807, 2.05) is 0 Å². The number of aliphatic carboxylic acids is 1. The maximum Gasteiger partial charge on any atom is 1.00 e. The van der Waals surface area contributed by atoms with Crippen molar-refractivity contribution in [1.29, 1.82) is 0 Å². The molecule has 0 aliphatic rings. The molecule has 0 heterocycles. The summed E-state index contributed by atoms with van der Waals surface area (Å²) in [6.45, 7) is 1.35. The molecule has 0 aromatic heterocycles. The van der Waals surface area contributed by atoms with Crippen molar-refractivity contribution in [3.05, 3.63) is 0 Å². The van der Waals surface area contributed by atoms with Gasteiger partial charge in [0.05, 0.1) is 0 Å². The minimum Gasteiger partial charge on any atom is -0.544 e. The number of carboxylic acid groups (broad SMARTS) is 1. The predicted molar refractivity (Wildman–Crippen MR) is 49.2 cm³/mol. The third-order valence-electron chi connectivity index (χ3n) is 2.67. The van der Waals surface area contributed by atoms with Crippen LogP contribution in [-0.4, -0.2) is 35.8 Å². The zero-order valence-corrected chi connectivity index (χ0v) is 14.5. The second-order valence-electron chi connectivity index (χ2n) is 4.24. The molecule has 0 aliphatic carbocycles. The van der Waals surface area contributed by atoms with Crippen LogP contribution in [0.25, 0.3) is 0 Å². The number of rotatable bonds is 8.